The zero-order valence-corrected chi connectivity index (χ0v) is 9.78. The molecule has 0 aliphatic carbocycles. The van der Waals surface area contributed by atoms with Crippen LogP contribution >= 0.6 is 0 Å². The van der Waals surface area contributed by atoms with Crippen LogP contribution in [-0.2, 0) is 14.3 Å². The lowest BCUT2D eigenvalue weighted by Gasteiger charge is -2.00. The van der Waals surface area contributed by atoms with E-state index in [4.69, 9.17) is 5.26 Å². The van der Waals surface area contributed by atoms with Crippen molar-refractivity contribution in [3.8, 4) is 6.07 Å². The zero-order valence-electron chi connectivity index (χ0n) is 8.97. The summed E-state index contributed by atoms with van der Waals surface area (Å²) in [5.74, 6) is 0. The predicted molar refractivity (Wildman–Crippen MR) is 60.7 cm³/mol. The summed E-state index contributed by atoms with van der Waals surface area (Å²) in [5.41, 5.74) is 1.85. The molecule has 0 saturated heterocycles. The van der Waals surface area contributed by atoms with Crippen LogP contribution in [-0.4, -0.2) is 14.7 Å². The Labute approximate surface area is 94.9 Å². The molecule has 0 fully saturated rings. The summed E-state index contributed by atoms with van der Waals surface area (Å²) in [7, 11) is -3.57. The highest BCUT2D eigenvalue weighted by Crippen LogP contribution is 2.14. The fourth-order valence-corrected chi connectivity index (χ4v) is 1.30. The Morgan fingerprint density at radius 1 is 1.38 bits per heavy atom. The van der Waals surface area contributed by atoms with Gasteiger partial charge in [-0.15, -0.1) is 0 Å². The molecule has 84 valence electrons. The molecular formula is C11H11NO3S. The molecule has 0 aromatic heterocycles. The Morgan fingerprint density at radius 3 is 2.38 bits per heavy atom. The van der Waals surface area contributed by atoms with Crippen LogP contribution in [0, 0.1) is 18.3 Å². The van der Waals surface area contributed by atoms with Gasteiger partial charge in [-0.05, 0) is 12.5 Å². The molecule has 5 heteroatoms. The summed E-state index contributed by atoms with van der Waals surface area (Å²) in [4.78, 5) is 0. The summed E-state index contributed by atoms with van der Waals surface area (Å²) in [6, 6.07) is 9.01. The van der Waals surface area contributed by atoms with Crippen molar-refractivity contribution in [1.82, 2.24) is 0 Å². The lowest BCUT2D eigenvalue weighted by atomic mass is 10.1. The van der Waals surface area contributed by atoms with Gasteiger partial charge in [-0.1, -0.05) is 29.8 Å². The molecule has 1 rings (SSSR count). The van der Waals surface area contributed by atoms with Gasteiger partial charge >= 0.3 is 10.1 Å². The molecule has 0 aliphatic rings. The van der Waals surface area contributed by atoms with Gasteiger partial charge in [0.1, 0.15) is 12.3 Å². The van der Waals surface area contributed by atoms with Crippen LogP contribution in [0.3, 0.4) is 0 Å². The van der Waals surface area contributed by atoms with E-state index in [0.717, 1.165) is 18.1 Å². The first-order valence-electron chi connectivity index (χ1n) is 4.48. The van der Waals surface area contributed by atoms with Gasteiger partial charge in [0.2, 0.25) is 0 Å². The van der Waals surface area contributed by atoms with Gasteiger partial charge in [0.15, 0.2) is 0 Å². The second-order valence-electron chi connectivity index (χ2n) is 3.31. The summed E-state index contributed by atoms with van der Waals surface area (Å²) >= 11 is 0. The minimum Gasteiger partial charge on any atom is -0.389 e. The molecule has 0 atom stereocenters. The topological polar surface area (TPSA) is 67.2 Å². The first-order chi connectivity index (χ1) is 7.42. The zero-order chi connectivity index (χ0) is 12.2. The van der Waals surface area contributed by atoms with E-state index in [2.05, 4.69) is 4.18 Å². The van der Waals surface area contributed by atoms with Gasteiger partial charge in [-0.25, -0.2) is 0 Å². The maximum absolute atomic E-state index is 10.8. The van der Waals surface area contributed by atoms with Gasteiger partial charge < -0.3 is 4.18 Å². The Balaban J connectivity index is 3.00. The standard InChI is InChI=1S/C11H11NO3S/c1-9-3-5-10(6-4-9)11(7-12)8-15-16(2,13)14/h3-6,8H,1-2H3. The van der Waals surface area contributed by atoms with E-state index < -0.39 is 10.1 Å². The van der Waals surface area contributed by atoms with Crippen LogP contribution < -0.4 is 0 Å². The summed E-state index contributed by atoms with van der Waals surface area (Å²) in [5, 5.41) is 8.85. The number of nitrogens with zero attached hydrogens (tertiary/aromatic N) is 1. The van der Waals surface area contributed by atoms with Gasteiger partial charge in [0, 0.05) is 0 Å². The molecular weight excluding hydrogens is 226 g/mol. The highest BCUT2D eigenvalue weighted by molar-refractivity contribution is 7.86. The lowest BCUT2D eigenvalue weighted by molar-refractivity contribution is 0.451. The predicted octanol–water partition coefficient (Wildman–Crippen LogP) is 1.84. The third kappa shape index (κ3) is 3.75. The maximum Gasteiger partial charge on any atom is 0.305 e. The SMILES string of the molecule is Cc1ccc(C(C#N)=COS(C)(=O)=O)cc1. The van der Waals surface area contributed by atoms with Gasteiger partial charge in [-0.3, -0.25) is 0 Å². The lowest BCUT2D eigenvalue weighted by Crippen LogP contribution is -1.97. The molecule has 0 bridgehead atoms. The Hall–Kier alpha value is -1.80. The molecule has 0 unspecified atom stereocenters. The van der Waals surface area contributed by atoms with E-state index >= 15 is 0 Å². The van der Waals surface area contributed by atoms with Crippen LogP contribution in [0.5, 0.6) is 0 Å². The van der Waals surface area contributed by atoms with Crippen molar-refractivity contribution < 1.29 is 12.6 Å². The van der Waals surface area contributed by atoms with Crippen LogP contribution in [0.1, 0.15) is 11.1 Å². The Kier molecular flexibility index (Phi) is 3.69. The number of aryl methyl sites for hydroxylation is 1. The summed E-state index contributed by atoms with van der Waals surface area (Å²) in [6.45, 7) is 1.92. The first kappa shape index (κ1) is 12.3. The average molecular weight is 237 g/mol. The third-order valence-corrected chi connectivity index (χ3v) is 2.27. The monoisotopic (exact) mass is 237 g/mol. The first-order valence-corrected chi connectivity index (χ1v) is 6.29. The van der Waals surface area contributed by atoms with E-state index in [1.54, 1.807) is 12.1 Å². The highest BCUT2D eigenvalue weighted by Gasteiger charge is 2.03. The average Bonchev–Trinajstić information content (AvgIpc) is 2.20. The minimum absolute atomic E-state index is 0.172. The van der Waals surface area contributed by atoms with Crippen LogP contribution in [0.2, 0.25) is 0 Å². The molecule has 0 saturated carbocycles. The fraction of sp³-hybridized carbons (Fsp3) is 0.182. The molecule has 0 amide bonds. The van der Waals surface area contributed by atoms with Crippen molar-refractivity contribution in [2.75, 3.05) is 6.26 Å². The van der Waals surface area contributed by atoms with Crippen molar-refractivity contribution in [2.24, 2.45) is 0 Å². The van der Waals surface area contributed by atoms with E-state index in [-0.39, 0.29) is 5.57 Å². The number of nitriles is 1. The van der Waals surface area contributed by atoms with Crippen LogP contribution in [0.15, 0.2) is 30.5 Å². The van der Waals surface area contributed by atoms with Gasteiger partial charge in [-0.2, -0.15) is 13.7 Å². The second kappa shape index (κ2) is 4.81. The number of rotatable bonds is 3. The van der Waals surface area contributed by atoms with Gasteiger partial charge in [0.25, 0.3) is 0 Å². The smallest absolute Gasteiger partial charge is 0.305 e. The molecule has 4 nitrogen and oxygen atoms in total. The van der Waals surface area contributed by atoms with E-state index in [1.807, 2.05) is 25.1 Å². The summed E-state index contributed by atoms with van der Waals surface area (Å²) in [6.07, 6.45) is 1.87. The third-order valence-electron chi connectivity index (χ3n) is 1.82. The van der Waals surface area contributed by atoms with E-state index in [1.165, 1.54) is 0 Å². The normalized spacial score (nSPS) is 11.9. The molecule has 0 heterocycles. The molecule has 16 heavy (non-hydrogen) atoms. The highest BCUT2D eigenvalue weighted by atomic mass is 32.2. The van der Waals surface area contributed by atoms with Crippen molar-refractivity contribution in [3.63, 3.8) is 0 Å². The summed E-state index contributed by atoms with van der Waals surface area (Å²) < 4.78 is 26.0. The molecule has 0 spiro atoms. The van der Waals surface area contributed by atoms with Gasteiger partial charge in [0.05, 0.1) is 11.8 Å². The largest absolute Gasteiger partial charge is 0.389 e. The Bertz CT molecular complexity index is 536. The van der Waals surface area contributed by atoms with E-state index in [9.17, 15) is 8.42 Å². The van der Waals surface area contributed by atoms with Crippen molar-refractivity contribution in [2.45, 2.75) is 6.92 Å². The quantitative estimate of drug-likeness (QED) is 0.457. The number of hydrogen-bond donors (Lipinski definition) is 0. The molecule has 1 aromatic carbocycles. The number of benzene rings is 1. The molecule has 1 aromatic rings. The molecule has 0 aliphatic heterocycles. The minimum atomic E-state index is -3.57. The van der Waals surface area contributed by atoms with Crippen molar-refractivity contribution >= 4 is 15.7 Å². The van der Waals surface area contributed by atoms with Crippen molar-refractivity contribution in [1.29, 1.82) is 5.26 Å². The number of allylic oxidation sites excluding steroid dienone is 1. The van der Waals surface area contributed by atoms with Crippen LogP contribution in [0.4, 0.5) is 0 Å². The Morgan fingerprint density at radius 2 is 1.94 bits per heavy atom. The van der Waals surface area contributed by atoms with E-state index in [0.29, 0.717) is 5.56 Å². The fourth-order valence-electron chi connectivity index (χ4n) is 1.03. The molecule has 0 radical (unpaired) electrons. The van der Waals surface area contributed by atoms with Crippen LogP contribution in [0.25, 0.3) is 5.57 Å². The maximum atomic E-state index is 10.8. The van der Waals surface area contributed by atoms with Crippen molar-refractivity contribution in [3.05, 3.63) is 41.7 Å². The molecule has 0 N–H and O–H groups in total. The number of hydrogen-bond acceptors (Lipinski definition) is 4. The second-order valence-corrected chi connectivity index (χ2v) is 4.91.